The summed E-state index contributed by atoms with van der Waals surface area (Å²) in [4.78, 5) is 0. The van der Waals surface area contributed by atoms with E-state index in [-0.39, 0.29) is 6.04 Å². The van der Waals surface area contributed by atoms with Gasteiger partial charge in [-0.25, -0.2) is 0 Å². The van der Waals surface area contributed by atoms with Gasteiger partial charge in [0.25, 0.3) is 0 Å². The van der Waals surface area contributed by atoms with Gasteiger partial charge in [0, 0.05) is 0 Å². The molecular formula is C10H17N. The smallest absolute Gasteiger partial charge is 0.0658 e. The Morgan fingerprint density at radius 1 is 1.64 bits per heavy atom. The Labute approximate surface area is 69.6 Å². The first-order valence-electron chi connectivity index (χ1n) is 4.47. The summed E-state index contributed by atoms with van der Waals surface area (Å²) in [6, 6.07) is 0.244. The van der Waals surface area contributed by atoms with E-state index in [2.05, 4.69) is 18.2 Å². The van der Waals surface area contributed by atoms with Crippen molar-refractivity contribution in [1.82, 2.24) is 5.32 Å². The highest BCUT2D eigenvalue weighted by molar-refractivity contribution is 4.97. The van der Waals surface area contributed by atoms with Gasteiger partial charge in [-0.2, -0.15) is 0 Å². The van der Waals surface area contributed by atoms with E-state index in [1.54, 1.807) is 0 Å². The van der Waals surface area contributed by atoms with Crippen molar-refractivity contribution in [2.75, 3.05) is 6.54 Å². The van der Waals surface area contributed by atoms with E-state index < -0.39 is 0 Å². The van der Waals surface area contributed by atoms with Crippen LogP contribution < -0.4 is 5.32 Å². The second-order valence-electron chi connectivity index (χ2n) is 3.46. The van der Waals surface area contributed by atoms with Crippen LogP contribution in [0.5, 0.6) is 0 Å². The zero-order chi connectivity index (χ0) is 8.27. The number of nitrogens with one attached hydrogen (secondary N) is 1. The number of rotatable bonds is 4. The Balaban J connectivity index is 2.02. The first-order chi connectivity index (χ1) is 5.27. The fraction of sp³-hybridized carbons (Fsp3) is 0.800. The van der Waals surface area contributed by atoms with E-state index in [1.807, 2.05) is 6.92 Å². The molecule has 0 heterocycles. The van der Waals surface area contributed by atoms with Crippen LogP contribution in [0.4, 0.5) is 0 Å². The van der Waals surface area contributed by atoms with Crippen molar-refractivity contribution in [3.8, 4) is 12.3 Å². The summed E-state index contributed by atoms with van der Waals surface area (Å²) in [5.74, 6) is 4.56. The minimum absolute atomic E-state index is 0.244. The first-order valence-corrected chi connectivity index (χ1v) is 4.47. The molecule has 0 aromatic heterocycles. The van der Waals surface area contributed by atoms with Crippen LogP contribution in [0.2, 0.25) is 0 Å². The standard InChI is InChI=1S/C10H17N/c1-4-8(3)11-7-10-6-9(10)5-2/h1,8-11H,5-7H2,2-3H3. The first kappa shape index (κ1) is 8.62. The van der Waals surface area contributed by atoms with Gasteiger partial charge in [0.05, 0.1) is 6.04 Å². The highest BCUT2D eigenvalue weighted by Crippen LogP contribution is 2.40. The van der Waals surface area contributed by atoms with Gasteiger partial charge in [-0.05, 0) is 31.7 Å². The summed E-state index contributed by atoms with van der Waals surface area (Å²) < 4.78 is 0. The molecular weight excluding hydrogens is 134 g/mol. The Hall–Kier alpha value is -0.480. The van der Waals surface area contributed by atoms with Crippen molar-refractivity contribution in [2.45, 2.75) is 32.7 Å². The molecule has 0 radical (unpaired) electrons. The van der Waals surface area contributed by atoms with Gasteiger partial charge >= 0.3 is 0 Å². The second kappa shape index (κ2) is 3.78. The molecule has 1 heteroatoms. The predicted molar refractivity (Wildman–Crippen MR) is 48.2 cm³/mol. The zero-order valence-electron chi connectivity index (χ0n) is 7.43. The molecule has 1 saturated carbocycles. The van der Waals surface area contributed by atoms with Crippen LogP contribution in [0.1, 0.15) is 26.7 Å². The van der Waals surface area contributed by atoms with Gasteiger partial charge in [0.15, 0.2) is 0 Å². The third kappa shape index (κ3) is 2.55. The average Bonchev–Trinajstić information content (AvgIpc) is 2.78. The third-order valence-electron chi connectivity index (χ3n) is 2.53. The van der Waals surface area contributed by atoms with Crippen LogP contribution in [0.25, 0.3) is 0 Å². The SMILES string of the molecule is C#CC(C)NCC1CC1CC. The van der Waals surface area contributed by atoms with Gasteiger partial charge in [-0.1, -0.05) is 19.3 Å². The molecule has 1 fully saturated rings. The molecule has 3 unspecified atom stereocenters. The van der Waals surface area contributed by atoms with E-state index in [0.717, 1.165) is 18.4 Å². The van der Waals surface area contributed by atoms with Crippen molar-refractivity contribution in [3.63, 3.8) is 0 Å². The summed E-state index contributed by atoms with van der Waals surface area (Å²) in [6.45, 7) is 5.41. The van der Waals surface area contributed by atoms with E-state index in [9.17, 15) is 0 Å². The number of terminal acetylenes is 1. The maximum Gasteiger partial charge on any atom is 0.0658 e. The lowest BCUT2D eigenvalue weighted by Crippen LogP contribution is -2.26. The minimum atomic E-state index is 0.244. The van der Waals surface area contributed by atoms with Gasteiger partial charge < -0.3 is 5.32 Å². The van der Waals surface area contributed by atoms with Gasteiger partial charge in [0.2, 0.25) is 0 Å². The largest absolute Gasteiger partial charge is 0.304 e. The van der Waals surface area contributed by atoms with Crippen LogP contribution in [-0.2, 0) is 0 Å². The van der Waals surface area contributed by atoms with Crippen molar-refractivity contribution in [3.05, 3.63) is 0 Å². The van der Waals surface area contributed by atoms with Crippen molar-refractivity contribution in [1.29, 1.82) is 0 Å². The molecule has 0 bridgehead atoms. The normalized spacial score (nSPS) is 31.0. The van der Waals surface area contributed by atoms with E-state index in [4.69, 9.17) is 6.42 Å². The van der Waals surface area contributed by atoms with Crippen LogP contribution >= 0.6 is 0 Å². The molecule has 0 amide bonds. The maximum atomic E-state index is 5.23. The van der Waals surface area contributed by atoms with Gasteiger partial charge in [0.1, 0.15) is 0 Å². The lowest BCUT2D eigenvalue weighted by molar-refractivity contribution is 0.569. The Morgan fingerprint density at radius 3 is 2.82 bits per heavy atom. The van der Waals surface area contributed by atoms with E-state index >= 15 is 0 Å². The lowest BCUT2D eigenvalue weighted by Gasteiger charge is -2.05. The van der Waals surface area contributed by atoms with Crippen LogP contribution in [0.3, 0.4) is 0 Å². The van der Waals surface area contributed by atoms with Gasteiger partial charge in [-0.15, -0.1) is 6.42 Å². The fourth-order valence-electron chi connectivity index (χ4n) is 1.45. The summed E-state index contributed by atoms with van der Waals surface area (Å²) >= 11 is 0. The molecule has 0 spiro atoms. The Bertz CT molecular complexity index is 157. The quantitative estimate of drug-likeness (QED) is 0.602. The average molecular weight is 151 g/mol. The number of hydrogen-bond donors (Lipinski definition) is 1. The second-order valence-corrected chi connectivity index (χ2v) is 3.46. The molecule has 0 aromatic rings. The molecule has 0 aromatic carbocycles. The highest BCUT2D eigenvalue weighted by atomic mass is 14.9. The van der Waals surface area contributed by atoms with Crippen LogP contribution in [0, 0.1) is 24.2 Å². The summed E-state index contributed by atoms with van der Waals surface area (Å²) in [5, 5.41) is 3.32. The van der Waals surface area contributed by atoms with Crippen LogP contribution in [-0.4, -0.2) is 12.6 Å². The predicted octanol–water partition coefficient (Wildman–Crippen LogP) is 1.64. The molecule has 1 aliphatic rings. The fourth-order valence-corrected chi connectivity index (χ4v) is 1.45. The summed E-state index contributed by atoms with van der Waals surface area (Å²) in [7, 11) is 0. The van der Waals surface area contributed by atoms with Crippen molar-refractivity contribution >= 4 is 0 Å². The maximum absolute atomic E-state index is 5.23. The van der Waals surface area contributed by atoms with E-state index in [1.165, 1.54) is 12.8 Å². The van der Waals surface area contributed by atoms with Crippen molar-refractivity contribution < 1.29 is 0 Å². The lowest BCUT2D eigenvalue weighted by atomic mass is 10.2. The van der Waals surface area contributed by atoms with Gasteiger partial charge in [-0.3, -0.25) is 0 Å². The summed E-state index contributed by atoms with van der Waals surface area (Å²) in [5.41, 5.74) is 0. The minimum Gasteiger partial charge on any atom is -0.304 e. The Kier molecular flexibility index (Phi) is 2.96. The molecule has 0 saturated heterocycles. The molecule has 3 atom stereocenters. The highest BCUT2D eigenvalue weighted by Gasteiger charge is 2.34. The number of hydrogen-bond acceptors (Lipinski definition) is 1. The molecule has 1 rings (SSSR count). The molecule has 1 N–H and O–H groups in total. The van der Waals surface area contributed by atoms with Crippen LogP contribution in [0.15, 0.2) is 0 Å². The topological polar surface area (TPSA) is 12.0 Å². The zero-order valence-corrected chi connectivity index (χ0v) is 7.43. The summed E-state index contributed by atoms with van der Waals surface area (Å²) in [6.07, 6.45) is 7.97. The third-order valence-corrected chi connectivity index (χ3v) is 2.53. The Morgan fingerprint density at radius 2 is 2.36 bits per heavy atom. The monoisotopic (exact) mass is 151 g/mol. The molecule has 1 nitrogen and oxygen atoms in total. The van der Waals surface area contributed by atoms with Crippen molar-refractivity contribution in [2.24, 2.45) is 11.8 Å². The molecule has 0 aliphatic heterocycles. The molecule has 11 heavy (non-hydrogen) atoms. The molecule has 62 valence electrons. The van der Waals surface area contributed by atoms with E-state index in [0.29, 0.717) is 0 Å². The molecule has 1 aliphatic carbocycles.